The smallest absolute Gasteiger partial charge is 0.227 e. The van der Waals surface area contributed by atoms with E-state index in [4.69, 9.17) is 10.00 Å². The fraction of sp³-hybridized carbons (Fsp3) is 0.385. The van der Waals surface area contributed by atoms with Gasteiger partial charge in [0.05, 0.1) is 30.4 Å². The largest absolute Gasteiger partial charge is 0.375 e. The lowest BCUT2D eigenvalue weighted by atomic mass is 10.1. The van der Waals surface area contributed by atoms with Gasteiger partial charge in [-0.05, 0) is 18.2 Å². The Kier molecular flexibility index (Phi) is 4.91. The Labute approximate surface area is 120 Å². The third-order valence-corrected chi connectivity index (χ3v) is 3.29. The molecule has 19 heavy (non-hydrogen) atoms. The first-order valence-electron chi connectivity index (χ1n) is 6.01. The summed E-state index contributed by atoms with van der Waals surface area (Å²) < 4.78 is 6.29. The Morgan fingerprint density at radius 3 is 3.16 bits per heavy atom. The van der Waals surface area contributed by atoms with Gasteiger partial charge in [-0.25, -0.2) is 0 Å². The van der Waals surface area contributed by atoms with Gasteiger partial charge in [0, 0.05) is 17.6 Å². The summed E-state index contributed by atoms with van der Waals surface area (Å²) in [6.45, 7) is 2.12. The average molecular weight is 324 g/mol. The van der Waals surface area contributed by atoms with E-state index in [0.29, 0.717) is 24.4 Å². The van der Waals surface area contributed by atoms with Gasteiger partial charge in [0.25, 0.3) is 0 Å². The van der Waals surface area contributed by atoms with Gasteiger partial charge in [0.15, 0.2) is 0 Å². The number of nitriles is 1. The number of hydrogen-bond acceptors (Lipinski definition) is 4. The highest BCUT2D eigenvalue weighted by molar-refractivity contribution is 9.10. The summed E-state index contributed by atoms with van der Waals surface area (Å²) in [6.07, 6.45) is 0.177. The molecular weight excluding hydrogens is 310 g/mol. The van der Waals surface area contributed by atoms with Crippen molar-refractivity contribution >= 4 is 27.5 Å². The molecule has 0 saturated carbocycles. The quantitative estimate of drug-likeness (QED) is 0.886. The van der Waals surface area contributed by atoms with Gasteiger partial charge in [0.1, 0.15) is 6.07 Å². The number of anilines is 1. The van der Waals surface area contributed by atoms with Crippen LogP contribution in [0.2, 0.25) is 0 Å². The van der Waals surface area contributed by atoms with Crippen LogP contribution in [-0.4, -0.2) is 31.7 Å². The summed E-state index contributed by atoms with van der Waals surface area (Å²) >= 11 is 3.32. The summed E-state index contributed by atoms with van der Waals surface area (Å²) in [5.41, 5.74) is 0.963. The molecule has 1 atom stereocenters. The van der Waals surface area contributed by atoms with E-state index in [1.54, 1.807) is 18.2 Å². The summed E-state index contributed by atoms with van der Waals surface area (Å²) in [5, 5.41) is 14.9. The van der Waals surface area contributed by atoms with Crippen LogP contribution >= 0.6 is 15.9 Å². The molecule has 6 heteroatoms. The maximum atomic E-state index is 11.9. The van der Waals surface area contributed by atoms with Crippen LogP contribution in [0.15, 0.2) is 22.7 Å². The molecule has 1 fully saturated rings. The van der Waals surface area contributed by atoms with Crippen LogP contribution < -0.4 is 10.6 Å². The molecule has 0 bridgehead atoms. The van der Waals surface area contributed by atoms with Gasteiger partial charge in [0.2, 0.25) is 5.91 Å². The predicted molar refractivity (Wildman–Crippen MR) is 74.7 cm³/mol. The van der Waals surface area contributed by atoms with Crippen molar-refractivity contribution in [1.82, 2.24) is 5.32 Å². The lowest BCUT2D eigenvalue weighted by molar-refractivity contribution is -0.119. The second-order valence-electron chi connectivity index (χ2n) is 4.25. The van der Waals surface area contributed by atoms with E-state index in [-0.39, 0.29) is 18.4 Å². The zero-order chi connectivity index (χ0) is 13.7. The Hall–Kier alpha value is -1.42. The molecule has 1 heterocycles. The summed E-state index contributed by atoms with van der Waals surface area (Å²) in [7, 11) is 0. The van der Waals surface area contributed by atoms with Crippen molar-refractivity contribution < 1.29 is 9.53 Å². The Morgan fingerprint density at radius 2 is 2.47 bits per heavy atom. The number of benzene rings is 1. The maximum Gasteiger partial charge on any atom is 0.227 e. The zero-order valence-corrected chi connectivity index (χ0v) is 11.9. The molecule has 2 N–H and O–H groups in total. The molecule has 1 aliphatic rings. The zero-order valence-electron chi connectivity index (χ0n) is 10.3. The highest BCUT2D eigenvalue weighted by Gasteiger charge is 2.18. The third kappa shape index (κ3) is 4.03. The first-order chi connectivity index (χ1) is 9.19. The molecule has 1 saturated heterocycles. The number of amides is 1. The van der Waals surface area contributed by atoms with Gasteiger partial charge in [-0.2, -0.15) is 5.26 Å². The maximum absolute atomic E-state index is 11.9. The third-order valence-electron chi connectivity index (χ3n) is 2.79. The molecule has 2 rings (SSSR count). The summed E-state index contributed by atoms with van der Waals surface area (Å²) in [5.74, 6) is -0.150. The second kappa shape index (κ2) is 6.66. The molecule has 1 aromatic carbocycles. The van der Waals surface area contributed by atoms with Gasteiger partial charge in [-0.1, -0.05) is 15.9 Å². The van der Waals surface area contributed by atoms with E-state index < -0.39 is 0 Å². The fourth-order valence-electron chi connectivity index (χ4n) is 1.88. The lowest BCUT2D eigenvalue weighted by Crippen LogP contribution is -2.40. The first-order valence-corrected chi connectivity index (χ1v) is 6.80. The Morgan fingerprint density at radius 1 is 1.63 bits per heavy atom. The van der Waals surface area contributed by atoms with Crippen LogP contribution in [0.1, 0.15) is 12.0 Å². The van der Waals surface area contributed by atoms with Crippen LogP contribution in [0.5, 0.6) is 0 Å². The van der Waals surface area contributed by atoms with Crippen molar-refractivity contribution in [3.05, 3.63) is 28.2 Å². The molecule has 1 amide bonds. The number of halogens is 1. The molecule has 1 unspecified atom stereocenters. The van der Waals surface area contributed by atoms with Gasteiger partial charge in [-0.3, -0.25) is 4.79 Å². The number of carbonyl (C=O) groups excluding carboxylic acids is 1. The number of hydrogen-bond donors (Lipinski definition) is 2. The number of rotatable bonds is 3. The summed E-state index contributed by atoms with van der Waals surface area (Å²) in [6, 6.07) is 7.20. The molecule has 1 aliphatic heterocycles. The lowest BCUT2D eigenvalue weighted by Gasteiger charge is -2.23. The van der Waals surface area contributed by atoms with Crippen LogP contribution in [0.25, 0.3) is 0 Å². The van der Waals surface area contributed by atoms with Crippen LogP contribution in [0, 0.1) is 11.3 Å². The van der Waals surface area contributed by atoms with E-state index in [0.717, 1.165) is 11.0 Å². The first kappa shape index (κ1) is 14.0. The topological polar surface area (TPSA) is 74.2 Å². The SMILES string of the molecule is N#Cc1ccc(Br)cc1NC(=O)CC1CNCCO1. The number of morpholine rings is 1. The Bertz CT molecular complexity index is 507. The molecule has 0 spiro atoms. The molecule has 5 nitrogen and oxygen atoms in total. The normalized spacial score (nSPS) is 18.6. The number of nitrogens with zero attached hydrogens (tertiary/aromatic N) is 1. The van der Waals surface area contributed by atoms with Crippen molar-refractivity contribution in [1.29, 1.82) is 5.26 Å². The van der Waals surface area contributed by atoms with E-state index >= 15 is 0 Å². The molecule has 0 aliphatic carbocycles. The standard InChI is InChI=1S/C13H14BrN3O2/c14-10-2-1-9(7-15)12(5-10)17-13(18)6-11-8-16-3-4-19-11/h1-2,5,11,16H,3-4,6,8H2,(H,17,18). The Balaban J connectivity index is 1.98. The monoisotopic (exact) mass is 323 g/mol. The molecule has 100 valence electrons. The minimum absolute atomic E-state index is 0.105. The van der Waals surface area contributed by atoms with E-state index in [9.17, 15) is 4.79 Å². The molecule has 1 aromatic rings. The van der Waals surface area contributed by atoms with E-state index in [1.807, 2.05) is 0 Å². The van der Waals surface area contributed by atoms with Crippen molar-refractivity contribution in [2.75, 3.05) is 25.0 Å². The van der Waals surface area contributed by atoms with E-state index in [1.165, 1.54) is 0 Å². The number of ether oxygens (including phenoxy) is 1. The fourth-order valence-corrected chi connectivity index (χ4v) is 2.24. The minimum Gasteiger partial charge on any atom is -0.375 e. The highest BCUT2D eigenvalue weighted by atomic mass is 79.9. The number of nitrogens with one attached hydrogen (secondary N) is 2. The van der Waals surface area contributed by atoms with Crippen molar-refractivity contribution in [3.8, 4) is 6.07 Å². The van der Waals surface area contributed by atoms with Crippen LogP contribution in [0.3, 0.4) is 0 Å². The average Bonchev–Trinajstić information content (AvgIpc) is 2.40. The molecular formula is C13H14BrN3O2. The molecule has 0 radical (unpaired) electrons. The van der Waals surface area contributed by atoms with Gasteiger partial charge >= 0.3 is 0 Å². The highest BCUT2D eigenvalue weighted by Crippen LogP contribution is 2.21. The van der Waals surface area contributed by atoms with Crippen LogP contribution in [0.4, 0.5) is 5.69 Å². The number of carbonyl (C=O) groups is 1. The second-order valence-corrected chi connectivity index (χ2v) is 5.17. The van der Waals surface area contributed by atoms with Gasteiger partial charge < -0.3 is 15.4 Å². The van der Waals surface area contributed by atoms with Gasteiger partial charge in [-0.15, -0.1) is 0 Å². The van der Waals surface area contributed by atoms with Crippen molar-refractivity contribution in [2.24, 2.45) is 0 Å². The van der Waals surface area contributed by atoms with Crippen LogP contribution in [-0.2, 0) is 9.53 Å². The van der Waals surface area contributed by atoms with Crippen molar-refractivity contribution in [3.63, 3.8) is 0 Å². The summed E-state index contributed by atoms with van der Waals surface area (Å²) in [4.78, 5) is 11.9. The van der Waals surface area contributed by atoms with E-state index in [2.05, 4.69) is 32.6 Å². The molecule has 0 aromatic heterocycles. The predicted octanol–water partition coefficient (Wildman–Crippen LogP) is 1.64. The minimum atomic E-state index is -0.150. The van der Waals surface area contributed by atoms with Crippen molar-refractivity contribution in [2.45, 2.75) is 12.5 Å².